The molecule has 1 aromatic rings. The lowest BCUT2D eigenvalue weighted by Crippen LogP contribution is -2.42. The van der Waals surface area contributed by atoms with Gasteiger partial charge < -0.3 is 21.7 Å². The highest BCUT2D eigenvalue weighted by atomic mass is 16.3. The normalized spacial score (nSPS) is 22.8. The molecule has 0 aliphatic heterocycles. The number of nitrogens with two attached hydrogens (primary N) is 2. The number of phenols is 1. The van der Waals surface area contributed by atoms with Crippen LogP contribution < -0.4 is 11.5 Å². The Labute approximate surface area is 113 Å². The highest BCUT2D eigenvalue weighted by Crippen LogP contribution is 2.29. The first-order valence-electron chi connectivity index (χ1n) is 6.37. The SMILES string of the molecule is NC1=C(CCO)CC(N)(Cc2cccc(O)c2)C=C1. The second kappa shape index (κ2) is 5.47. The van der Waals surface area contributed by atoms with E-state index in [0.29, 0.717) is 25.0 Å². The molecule has 6 N–H and O–H groups in total. The number of benzene rings is 1. The van der Waals surface area contributed by atoms with E-state index in [1.807, 2.05) is 18.2 Å². The molecule has 0 saturated carbocycles. The molecule has 0 radical (unpaired) electrons. The third kappa shape index (κ3) is 3.36. The van der Waals surface area contributed by atoms with Crippen molar-refractivity contribution in [1.82, 2.24) is 0 Å². The van der Waals surface area contributed by atoms with Gasteiger partial charge in [-0.25, -0.2) is 0 Å². The van der Waals surface area contributed by atoms with Gasteiger partial charge in [-0.2, -0.15) is 0 Å². The smallest absolute Gasteiger partial charge is 0.115 e. The van der Waals surface area contributed by atoms with Crippen molar-refractivity contribution in [2.45, 2.75) is 24.8 Å². The van der Waals surface area contributed by atoms with Crippen molar-refractivity contribution in [1.29, 1.82) is 0 Å². The van der Waals surface area contributed by atoms with E-state index >= 15 is 0 Å². The van der Waals surface area contributed by atoms with Crippen molar-refractivity contribution in [3.8, 4) is 5.75 Å². The summed E-state index contributed by atoms with van der Waals surface area (Å²) in [6.07, 6.45) is 5.53. The molecule has 1 aliphatic carbocycles. The summed E-state index contributed by atoms with van der Waals surface area (Å²) in [4.78, 5) is 0. The number of aromatic hydroxyl groups is 1. The van der Waals surface area contributed by atoms with E-state index in [0.717, 1.165) is 11.1 Å². The van der Waals surface area contributed by atoms with Gasteiger partial charge in [0.15, 0.2) is 0 Å². The zero-order valence-corrected chi connectivity index (χ0v) is 10.8. The van der Waals surface area contributed by atoms with Crippen LogP contribution in [-0.2, 0) is 6.42 Å². The van der Waals surface area contributed by atoms with E-state index in [-0.39, 0.29) is 12.4 Å². The van der Waals surface area contributed by atoms with E-state index in [4.69, 9.17) is 16.6 Å². The Balaban J connectivity index is 2.15. The van der Waals surface area contributed by atoms with Gasteiger partial charge in [0.2, 0.25) is 0 Å². The highest BCUT2D eigenvalue weighted by molar-refractivity contribution is 5.36. The number of aliphatic hydroxyl groups is 1. The summed E-state index contributed by atoms with van der Waals surface area (Å²) in [5, 5.41) is 18.5. The van der Waals surface area contributed by atoms with Crippen LogP contribution in [0.15, 0.2) is 47.7 Å². The van der Waals surface area contributed by atoms with Crippen molar-refractivity contribution < 1.29 is 10.2 Å². The molecule has 0 heterocycles. The summed E-state index contributed by atoms with van der Waals surface area (Å²) < 4.78 is 0. The Morgan fingerprint density at radius 3 is 2.79 bits per heavy atom. The minimum Gasteiger partial charge on any atom is -0.508 e. The summed E-state index contributed by atoms with van der Waals surface area (Å²) >= 11 is 0. The molecule has 0 amide bonds. The number of rotatable bonds is 4. The van der Waals surface area contributed by atoms with Crippen LogP contribution in [0.4, 0.5) is 0 Å². The van der Waals surface area contributed by atoms with Crippen molar-refractivity contribution in [3.05, 3.63) is 53.3 Å². The Bertz CT molecular complexity index is 523. The first-order valence-corrected chi connectivity index (χ1v) is 6.37. The summed E-state index contributed by atoms with van der Waals surface area (Å²) in [7, 11) is 0. The minimum absolute atomic E-state index is 0.0755. The lowest BCUT2D eigenvalue weighted by molar-refractivity contribution is 0.295. The third-order valence-corrected chi connectivity index (χ3v) is 3.40. The molecule has 4 heteroatoms. The minimum atomic E-state index is -0.513. The predicted octanol–water partition coefficient (Wildman–Crippen LogP) is 1.19. The van der Waals surface area contributed by atoms with Gasteiger partial charge in [-0.3, -0.25) is 0 Å². The van der Waals surface area contributed by atoms with Crippen molar-refractivity contribution >= 4 is 0 Å². The number of allylic oxidation sites excluding steroid dienone is 1. The van der Waals surface area contributed by atoms with E-state index < -0.39 is 5.54 Å². The van der Waals surface area contributed by atoms with Crippen LogP contribution in [-0.4, -0.2) is 22.4 Å². The van der Waals surface area contributed by atoms with Gasteiger partial charge in [-0.1, -0.05) is 18.2 Å². The first kappa shape index (κ1) is 13.6. The second-order valence-electron chi connectivity index (χ2n) is 5.12. The topological polar surface area (TPSA) is 92.5 Å². The fraction of sp³-hybridized carbons (Fsp3) is 0.333. The van der Waals surface area contributed by atoms with E-state index in [1.54, 1.807) is 18.2 Å². The summed E-state index contributed by atoms with van der Waals surface area (Å²) in [6, 6.07) is 7.10. The maximum Gasteiger partial charge on any atom is 0.115 e. The molecule has 0 saturated heterocycles. The van der Waals surface area contributed by atoms with Crippen LogP contribution in [0.2, 0.25) is 0 Å². The van der Waals surface area contributed by atoms with Gasteiger partial charge in [0.1, 0.15) is 5.75 Å². The Hall–Kier alpha value is -1.78. The van der Waals surface area contributed by atoms with E-state index in [9.17, 15) is 5.11 Å². The number of aliphatic hydroxyl groups excluding tert-OH is 1. The molecule has 4 nitrogen and oxygen atoms in total. The van der Waals surface area contributed by atoms with E-state index in [1.165, 1.54) is 0 Å². The summed E-state index contributed by atoms with van der Waals surface area (Å²) in [5.41, 5.74) is 14.4. The fourth-order valence-corrected chi connectivity index (χ4v) is 2.47. The zero-order chi connectivity index (χ0) is 13.9. The van der Waals surface area contributed by atoms with Gasteiger partial charge in [0.25, 0.3) is 0 Å². The number of phenolic OH excluding ortho intramolecular Hbond substituents is 1. The van der Waals surface area contributed by atoms with Crippen LogP contribution in [0.3, 0.4) is 0 Å². The summed E-state index contributed by atoms with van der Waals surface area (Å²) in [5.74, 6) is 0.242. The molecule has 1 atom stereocenters. The standard InChI is InChI=1S/C15H20N2O2/c16-14-4-6-15(17,10-12(14)5-7-18)9-11-2-1-3-13(19)8-11/h1-4,6,8,18-19H,5,7,9-10,16-17H2. The fourth-order valence-electron chi connectivity index (χ4n) is 2.47. The Morgan fingerprint density at radius 2 is 2.11 bits per heavy atom. The lowest BCUT2D eigenvalue weighted by Gasteiger charge is -2.31. The maximum atomic E-state index is 9.48. The highest BCUT2D eigenvalue weighted by Gasteiger charge is 2.27. The molecule has 0 fully saturated rings. The van der Waals surface area contributed by atoms with Gasteiger partial charge in [-0.15, -0.1) is 0 Å². The molecule has 102 valence electrons. The van der Waals surface area contributed by atoms with Gasteiger partial charge >= 0.3 is 0 Å². The largest absolute Gasteiger partial charge is 0.508 e. The third-order valence-electron chi connectivity index (χ3n) is 3.40. The Morgan fingerprint density at radius 1 is 1.32 bits per heavy atom. The predicted molar refractivity (Wildman–Crippen MR) is 75.4 cm³/mol. The zero-order valence-electron chi connectivity index (χ0n) is 10.8. The van der Waals surface area contributed by atoms with Gasteiger partial charge in [0, 0.05) is 17.8 Å². The number of hydrogen-bond donors (Lipinski definition) is 4. The molecule has 2 rings (SSSR count). The van der Waals surface area contributed by atoms with Crippen molar-refractivity contribution in [3.63, 3.8) is 0 Å². The molecule has 0 aromatic heterocycles. The molecule has 1 aromatic carbocycles. The maximum absolute atomic E-state index is 9.48. The quantitative estimate of drug-likeness (QED) is 0.654. The molecular weight excluding hydrogens is 240 g/mol. The van der Waals surface area contributed by atoms with Crippen LogP contribution in [0.25, 0.3) is 0 Å². The van der Waals surface area contributed by atoms with Crippen LogP contribution in [0.5, 0.6) is 5.75 Å². The molecule has 0 bridgehead atoms. The van der Waals surface area contributed by atoms with Gasteiger partial charge in [0.05, 0.1) is 0 Å². The van der Waals surface area contributed by atoms with Crippen molar-refractivity contribution in [2.24, 2.45) is 11.5 Å². The monoisotopic (exact) mass is 260 g/mol. The average molecular weight is 260 g/mol. The van der Waals surface area contributed by atoms with Gasteiger partial charge in [-0.05, 0) is 48.6 Å². The molecular formula is C15H20N2O2. The van der Waals surface area contributed by atoms with Crippen LogP contribution in [0, 0.1) is 0 Å². The Kier molecular flexibility index (Phi) is 3.93. The molecule has 1 unspecified atom stereocenters. The second-order valence-corrected chi connectivity index (χ2v) is 5.12. The number of hydrogen-bond acceptors (Lipinski definition) is 4. The van der Waals surface area contributed by atoms with Crippen LogP contribution >= 0.6 is 0 Å². The average Bonchev–Trinajstić information content (AvgIpc) is 2.34. The van der Waals surface area contributed by atoms with Crippen LogP contribution in [0.1, 0.15) is 18.4 Å². The molecule has 19 heavy (non-hydrogen) atoms. The van der Waals surface area contributed by atoms with E-state index in [2.05, 4.69) is 0 Å². The first-order chi connectivity index (χ1) is 9.02. The molecule has 0 spiro atoms. The lowest BCUT2D eigenvalue weighted by atomic mass is 9.80. The molecule has 1 aliphatic rings. The summed E-state index contributed by atoms with van der Waals surface area (Å²) in [6.45, 7) is 0.0755. The van der Waals surface area contributed by atoms with Crippen molar-refractivity contribution in [2.75, 3.05) is 6.61 Å².